The molecule has 0 bridgehead atoms. The van der Waals surface area contributed by atoms with Crippen LogP contribution in [0.4, 0.5) is 5.69 Å². The van der Waals surface area contributed by atoms with Crippen molar-refractivity contribution in [2.45, 2.75) is 6.42 Å². The Labute approximate surface area is 108 Å². The van der Waals surface area contributed by atoms with Gasteiger partial charge in [-0.05, 0) is 30.7 Å². The van der Waals surface area contributed by atoms with Crippen molar-refractivity contribution >= 4 is 5.69 Å². The van der Waals surface area contributed by atoms with E-state index in [9.17, 15) is 5.11 Å². The van der Waals surface area contributed by atoms with E-state index in [0.29, 0.717) is 6.61 Å². The predicted octanol–water partition coefficient (Wildman–Crippen LogP) is 1.53. The van der Waals surface area contributed by atoms with Crippen LogP contribution in [0.3, 0.4) is 0 Å². The van der Waals surface area contributed by atoms with E-state index in [2.05, 4.69) is 4.90 Å². The summed E-state index contributed by atoms with van der Waals surface area (Å²) in [6.07, 6.45) is 0.921. The van der Waals surface area contributed by atoms with Crippen LogP contribution < -0.4 is 9.64 Å². The van der Waals surface area contributed by atoms with Gasteiger partial charge in [-0.3, -0.25) is 0 Å². The Morgan fingerprint density at radius 2 is 2.11 bits per heavy atom. The molecule has 18 heavy (non-hydrogen) atoms. The standard InChI is InChI=1S/C14H21NO3/c1-15(9-14(10-16)7-8-18-11-14)12-3-5-13(17-2)6-4-12/h3-6,16H,7-11H2,1-2H3. The predicted molar refractivity (Wildman–Crippen MR) is 71.2 cm³/mol. The minimum absolute atomic E-state index is 0.116. The molecule has 0 amide bonds. The molecule has 0 radical (unpaired) electrons. The van der Waals surface area contributed by atoms with Crippen molar-refractivity contribution in [3.63, 3.8) is 0 Å². The molecule has 1 aromatic rings. The number of anilines is 1. The fourth-order valence-corrected chi connectivity index (χ4v) is 2.38. The summed E-state index contributed by atoms with van der Waals surface area (Å²) in [5.74, 6) is 0.855. The molecule has 1 fully saturated rings. The van der Waals surface area contributed by atoms with Gasteiger partial charge in [-0.1, -0.05) is 0 Å². The second-order valence-corrected chi connectivity index (χ2v) is 5.01. The van der Waals surface area contributed by atoms with E-state index >= 15 is 0 Å². The van der Waals surface area contributed by atoms with E-state index in [0.717, 1.165) is 31.0 Å². The second-order valence-electron chi connectivity index (χ2n) is 5.01. The molecule has 1 unspecified atom stereocenters. The third-order valence-electron chi connectivity index (χ3n) is 3.61. The van der Waals surface area contributed by atoms with Gasteiger partial charge in [-0.2, -0.15) is 0 Å². The monoisotopic (exact) mass is 251 g/mol. The third-order valence-corrected chi connectivity index (χ3v) is 3.61. The third kappa shape index (κ3) is 2.76. The molecule has 1 atom stereocenters. The number of hydrogen-bond donors (Lipinski definition) is 1. The molecule has 4 nitrogen and oxygen atoms in total. The van der Waals surface area contributed by atoms with Crippen LogP contribution in [-0.2, 0) is 4.74 Å². The highest BCUT2D eigenvalue weighted by Gasteiger charge is 2.35. The van der Waals surface area contributed by atoms with Crippen molar-refractivity contribution in [1.82, 2.24) is 0 Å². The van der Waals surface area contributed by atoms with Gasteiger partial charge in [0, 0.05) is 31.3 Å². The topological polar surface area (TPSA) is 41.9 Å². The summed E-state index contributed by atoms with van der Waals surface area (Å²) in [6, 6.07) is 7.95. The number of ether oxygens (including phenoxy) is 2. The molecule has 0 aromatic heterocycles. The maximum absolute atomic E-state index is 9.57. The summed E-state index contributed by atoms with van der Waals surface area (Å²) in [7, 11) is 3.70. The summed E-state index contributed by atoms with van der Waals surface area (Å²) < 4.78 is 10.6. The van der Waals surface area contributed by atoms with Crippen LogP contribution in [-0.4, -0.2) is 45.6 Å². The van der Waals surface area contributed by atoms with Crippen molar-refractivity contribution in [3.8, 4) is 5.75 Å². The average Bonchev–Trinajstić information content (AvgIpc) is 2.88. The highest BCUT2D eigenvalue weighted by molar-refractivity contribution is 5.48. The van der Waals surface area contributed by atoms with Crippen LogP contribution in [0.15, 0.2) is 24.3 Å². The molecule has 0 aliphatic carbocycles. The van der Waals surface area contributed by atoms with E-state index in [1.54, 1.807) is 7.11 Å². The zero-order valence-electron chi connectivity index (χ0n) is 11.1. The Bertz CT molecular complexity index is 371. The maximum Gasteiger partial charge on any atom is 0.119 e. The lowest BCUT2D eigenvalue weighted by atomic mass is 9.88. The Kier molecular flexibility index (Phi) is 4.09. The van der Waals surface area contributed by atoms with Crippen molar-refractivity contribution in [2.75, 3.05) is 45.4 Å². The Balaban J connectivity index is 2.03. The van der Waals surface area contributed by atoms with Crippen LogP contribution >= 0.6 is 0 Å². The van der Waals surface area contributed by atoms with Crippen LogP contribution in [0.2, 0.25) is 0 Å². The smallest absolute Gasteiger partial charge is 0.119 e. The Morgan fingerprint density at radius 1 is 1.39 bits per heavy atom. The molecule has 1 aromatic carbocycles. The molecule has 1 heterocycles. The summed E-state index contributed by atoms with van der Waals surface area (Å²) in [4.78, 5) is 2.16. The van der Waals surface area contributed by atoms with E-state index < -0.39 is 0 Å². The molecular formula is C14H21NO3. The normalized spacial score (nSPS) is 23.1. The lowest BCUT2D eigenvalue weighted by Crippen LogP contribution is -2.39. The summed E-state index contributed by atoms with van der Waals surface area (Å²) in [5.41, 5.74) is 1.00. The minimum atomic E-state index is -0.116. The lowest BCUT2D eigenvalue weighted by molar-refractivity contribution is 0.0986. The number of methoxy groups -OCH3 is 1. The van der Waals surface area contributed by atoms with Crippen molar-refractivity contribution in [3.05, 3.63) is 24.3 Å². The van der Waals surface area contributed by atoms with Gasteiger partial charge >= 0.3 is 0 Å². The second kappa shape index (κ2) is 5.59. The molecule has 1 aliphatic rings. The molecule has 1 aliphatic heterocycles. The molecule has 100 valence electrons. The van der Waals surface area contributed by atoms with Crippen molar-refractivity contribution in [2.24, 2.45) is 5.41 Å². The SMILES string of the molecule is COc1ccc(N(C)CC2(CO)CCOC2)cc1. The van der Waals surface area contributed by atoms with Gasteiger partial charge < -0.3 is 19.5 Å². The number of aliphatic hydroxyl groups is 1. The molecule has 1 N–H and O–H groups in total. The summed E-state index contributed by atoms with van der Waals surface area (Å²) in [5, 5.41) is 9.57. The van der Waals surface area contributed by atoms with Gasteiger partial charge in [-0.15, -0.1) is 0 Å². The van der Waals surface area contributed by atoms with Gasteiger partial charge in [0.15, 0.2) is 0 Å². The van der Waals surface area contributed by atoms with Gasteiger partial charge in [-0.25, -0.2) is 0 Å². The number of rotatable bonds is 5. The van der Waals surface area contributed by atoms with Crippen LogP contribution in [0.5, 0.6) is 5.75 Å². The fourth-order valence-electron chi connectivity index (χ4n) is 2.38. The number of benzene rings is 1. The highest BCUT2D eigenvalue weighted by atomic mass is 16.5. The first-order valence-corrected chi connectivity index (χ1v) is 6.23. The highest BCUT2D eigenvalue weighted by Crippen LogP contribution is 2.30. The zero-order chi connectivity index (χ0) is 13.0. The van der Waals surface area contributed by atoms with Crippen molar-refractivity contribution < 1.29 is 14.6 Å². The van der Waals surface area contributed by atoms with E-state index in [4.69, 9.17) is 9.47 Å². The van der Waals surface area contributed by atoms with Gasteiger partial charge in [0.1, 0.15) is 5.75 Å². The molecule has 0 spiro atoms. The number of nitrogens with zero attached hydrogens (tertiary/aromatic N) is 1. The molecular weight excluding hydrogens is 230 g/mol. The molecule has 4 heteroatoms. The fraction of sp³-hybridized carbons (Fsp3) is 0.571. The quantitative estimate of drug-likeness (QED) is 0.861. The summed E-state index contributed by atoms with van der Waals surface area (Å²) in [6.45, 7) is 2.37. The van der Waals surface area contributed by atoms with Gasteiger partial charge in [0.05, 0.1) is 20.3 Å². The van der Waals surface area contributed by atoms with Crippen LogP contribution in [0.1, 0.15) is 6.42 Å². The van der Waals surface area contributed by atoms with E-state index in [-0.39, 0.29) is 12.0 Å². The minimum Gasteiger partial charge on any atom is -0.497 e. The first kappa shape index (κ1) is 13.2. The van der Waals surface area contributed by atoms with Crippen LogP contribution in [0.25, 0.3) is 0 Å². The maximum atomic E-state index is 9.57. The largest absolute Gasteiger partial charge is 0.497 e. The Morgan fingerprint density at radius 3 is 2.61 bits per heavy atom. The van der Waals surface area contributed by atoms with Crippen molar-refractivity contribution in [1.29, 1.82) is 0 Å². The van der Waals surface area contributed by atoms with E-state index in [1.165, 1.54) is 0 Å². The summed E-state index contributed by atoms with van der Waals surface area (Å²) >= 11 is 0. The van der Waals surface area contributed by atoms with Gasteiger partial charge in [0.25, 0.3) is 0 Å². The molecule has 2 rings (SSSR count). The van der Waals surface area contributed by atoms with Crippen LogP contribution in [0, 0.1) is 5.41 Å². The molecule has 0 saturated carbocycles. The first-order chi connectivity index (χ1) is 8.69. The number of hydrogen-bond acceptors (Lipinski definition) is 4. The average molecular weight is 251 g/mol. The van der Waals surface area contributed by atoms with Gasteiger partial charge in [0.2, 0.25) is 0 Å². The lowest BCUT2D eigenvalue weighted by Gasteiger charge is -2.31. The zero-order valence-corrected chi connectivity index (χ0v) is 11.1. The molecule has 1 saturated heterocycles. The number of aliphatic hydroxyl groups excluding tert-OH is 1. The Hall–Kier alpha value is -1.26. The first-order valence-electron chi connectivity index (χ1n) is 6.23. The van der Waals surface area contributed by atoms with E-state index in [1.807, 2.05) is 31.3 Å².